The van der Waals surface area contributed by atoms with Gasteiger partial charge < -0.3 is 13.9 Å². The number of nitrogens with zero attached hydrogens (tertiary/aromatic N) is 2. The molecular weight excluding hydrogens is 244 g/mol. The van der Waals surface area contributed by atoms with Crippen LogP contribution in [0.4, 0.5) is 0 Å². The second-order valence-corrected chi connectivity index (χ2v) is 4.67. The number of imidazole rings is 1. The molecule has 2 aromatic rings. The lowest BCUT2D eigenvalue weighted by atomic mass is 10.1. The van der Waals surface area contributed by atoms with Crippen molar-refractivity contribution in [2.75, 3.05) is 13.7 Å². The fourth-order valence-corrected chi connectivity index (χ4v) is 2.43. The van der Waals surface area contributed by atoms with Gasteiger partial charge >= 0.3 is 5.97 Å². The molecule has 0 saturated carbocycles. The molecule has 1 saturated heterocycles. The molecule has 0 amide bonds. The van der Waals surface area contributed by atoms with E-state index in [1.165, 1.54) is 7.11 Å². The minimum atomic E-state index is -0.368. The van der Waals surface area contributed by atoms with Gasteiger partial charge in [0, 0.05) is 19.0 Å². The predicted octanol–water partition coefficient (Wildman–Crippen LogP) is 2.36. The van der Waals surface area contributed by atoms with Crippen LogP contribution in [0, 0.1) is 0 Å². The molecule has 1 atom stereocenters. The monoisotopic (exact) mass is 260 g/mol. The van der Waals surface area contributed by atoms with Gasteiger partial charge in [-0.25, -0.2) is 9.78 Å². The van der Waals surface area contributed by atoms with E-state index >= 15 is 0 Å². The van der Waals surface area contributed by atoms with Crippen LogP contribution in [0.25, 0.3) is 5.65 Å². The largest absolute Gasteiger partial charge is 0.465 e. The first-order valence-corrected chi connectivity index (χ1v) is 6.47. The summed E-state index contributed by atoms with van der Waals surface area (Å²) >= 11 is 0. The predicted molar refractivity (Wildman–Crippen MR) is 69.1 cm³/mol. The molecule has 3 heterocycles. The fourth-order valence-electron chi connectivity index (χ4n) is 2.43. The molecular formula is C14H16N2O3. The number of hydrogen-bond acceptors (Lipinski definition) is 4. The minimum Gasteiger partial charge on any atom is -0.465 e. The van der Waals surface area contributed by atoms with Gasteiger partial charge in [0.05, 0.1) is 12.8 Å². The van der Waals surface area contributed by atoms with Gasteiger partial charge in [0.15, 0.2) is 5.65 Å². The Balaban J connectivity index is 2.02. The number of methoxy groups -OCH3 is 1. The molecule has 0 aliphatic carbocycles. The smallest absolute Gasteiger partial charge is 0.341 e. The van der Waals surface area contributed by atoms with Crippen LogP contribution in [-0.4, -0.2) is 29.1 Å². The molecule has 0 aromatic carbocycles. The van der Waals surface area contributed by atoms with E-state index in [9.17, 15) is 4.79 Å². The summed E-state index contributed by atoms with van der Waals surface area (Å²) in [5, 5.41) is 0. The van der Waals surface area contributed by atoms with E-state index in [4.69, 9.17) is 9.47 Å². The number of rotatable bonds is 2. The molecule has 3 rings (SSSR count). The molecule has 0 N–H and O–H groups in total. The molecule has 5 heteroatoms. The SMILES string of the molecule is COC(=O)c1cccn2cc(C3CCCCO3)nc12. The van der Waals surface area contributed by atoms with Crippen molar-refractivity contribution in [2.24, 2.45) is 0 Å². The van der Waals surface area contributed by atoms with E-state index in [1.807, 2.05) is 22.9 Å². The molecule has 0 radical (unpaired) electrons. The maximum Gasteiger partial charge on any atom is 0.341 e. The zero-order valence-corrected chi connectivity index (χ0v) is 10.8. The lowest BCUT2D eigenvalue weighted by Gasteiger charge is -2.20. The summed E-state index contributed by atoms with van der Waals surface area (Å²) in [5.41, 5.74) is 1.99. The third-order valence-electron chi connectivity index (χ3n) is 3.42. The van der Waals surface area contributed by atoms with Gasteiger partial charge in [0.1, 0.15) is 11.7 Å². The Morgan fingerprint density at radius 1 is 1.53 bits per heavy atom. The number of aromatic nitrogens is 2. The minimum absolute atomic E-state index is 0.0409. The van der Waals surface area contributed by atoms with Crippen LogP contribution in [0.15, 0.2) is 24.5 Å². The van der Waals surface area contributed by atoms with E-state index in [1.54, 1.807) is 6.07 Å². The molecule has 2 aromatic heterocycles. The molecule has 0 spiro atoms. The van der Waals surface area contributed by atoms with Crippen LogP contribution in [-0.2, 0) is 9.47 Å². The van der Waals surface area contributed by atoms with Crippen LogP contribution in [0.1, 0.15) is 41.4 Å². The lowest BCUT2D eigenvalue weighted by Crippen LogP contribution is -2.11. The van der Waals surface area contributed by atoms with Crippen LogP contribution in [0.2, 0.25) is 0 Å². The standard InChI is InChI=1S/C14H16N2O3/c1-18-14(17)10-5-4-7-16-9-11(15-13(10)16)12-6-2-3-8-19-12/h4-5,7,9,12H,2-3,6,8H2,1H3. The fraction of sp³-hybridized carbons (Fsp3) is 0.429. The molecule has 5 nitrogen and oxygen atoms in total. The Bertz CT molecular complexity index is 600. The Kier molecular flexibility index (Phi) is 3.21. The number of pyridine rings is 1. The molecule has 1 aliphatic heterocycles. The summed E-state index contributed by atoms with van der Waals surface area (Å²) in [6.07, 6.45) is 7.09. The first-order chi connectivity index (χ1) is 9.29. The number of fused-ring (bicyclic) bond motifs is 1. The topological polar surface area (TPSA) is 52.8 Å². The average Bonchev–Trinajstić information content (AvgIpc) is 2.91. The van der Waals surface area contributed by atoms with E-state index in [0.29, 0.717) is 11.2 Å². The number of ether oxygens (including phenoxy) is 2. The first kappa shape index (κ1) is 12.2. The summed E-state index contributed by atoms with van der Waals surface area (Å²) < 4.78 is 12.4. The summed E-state index contributed by atoms with van der Waals surface area (Å²) in [5.74, 6) is -0.368. The number of esters is 1. The molecule has 1 unspecified atom stereocenters. The highest BCUT2D eigenvalue weighted by Crippen LogP contribution is 2.27. The van der Waals surface area contributed by atoms with Gasteiger partial charge in [0.25, 0.3) is 0 Å². The van der Waals surface area contributed by atoms with Crippen molar-refractivity contribution in [1.29, 1.82) is 0 Å². The highest BCUT2D eigenvalue weighted by Gasteiger charge is 2.21. The molecule has 100 valence electrons. The van der Waals surface area contributed by atoms with Gasteiger partial charge in [-0.2, -0.15) is 0 Å². The van der Waals surface area contributed by atoms with Crippen LogP contribution < -0.4 is 0 Å². The quantitative estimate of drug-likeness (QED) is 0.778. The normalized spacial score (nSPS) is 19.5. The molecule has 19 heavy (non-hydrogen) atoms. The summed E-state index contributed by atoms with van der Waals surface area (Å²) in [6, 6.07) is 3.53. The van der Waals surface area contributed by atoms with Crippen molar-refractivity contribution in [3.63, 3.8) is 0 Å². The van der Waals surface area contributed by atoms with Gasteiger partial charge in [-0.05, 0) is 31.4 Å². The third-order valence-corrected chi connectivity index (χ3v) is 3.42. The van der Waals surface area contributed by atoms with E-state index in [-0.39, 0.29) is 12.1 Å². The number of carbonyl (C=O) groups is 1. The first-order valence-electron chi connectivity index (χ1n) is 6.47. The van der Waals surface area contributed by atoms with E-state index in [0.717, 1.165) is 31.6 Å². The maximum atomic E-state index is 11.7. The highest BCUT2D eigenvalue weighted by atomic mass is 16.5. The maximum absolute atomic E-state index is 11.7. The zero-order valence-electron chi connectivity index (χ0n) is 10.8. The van der Waals surface area contributed by atoms with Crippen molar-refractivity contribution in [3.8, 4) is 0 Å². The van der Waals surface area contributed by atoms with Gasteiger partial charge in [-0.1, -0.05) is 0 Å². The van der Waals surface area contributed by atoms with Crippen LogP contribution in [0.5, 0.6) is 0 Å². The van der Waals surface area contributed by atoms with Crippen molar-refractivity contribution in [3.05, 3.63) is 35.8 Å². The van der Waals surface area contributed by atoms with Gasteiger partial charge in [-0.15, -0.1) is 0 Å². The Morgan fingerprint density at radius 3 is 3.16 bits per heavy atom. The van der Waals surface area contributed by atoms with Crippen molar-refractivity contribution in [1.82, 2.24) is 9.38 Å². The second kappa shape index (κ2) is 5.01. The highest BCUT2D eigenvalue weighted by molar-refractivity contribution is 5.95. The van der Waals surface area contributed by atoms with Crippen LogP contribution >= 0.6 is 0 Å². The van der Waals surface area contributed by atoms with Crippen molar-refractivity contribution in [2.45, 2.75) is 25.4 Å². The average molecular weight is 260 g/mol. The lowest BCUT2D eigenvalue weighted by molar-refractivity contribution is 0.0126. The second-order valence-electron chi connectivity index (χ2n) is 4.67. The molecule has 1 aliphatic rings. The summed E-state index contributed by atoms with van der Waals surface area (Å²) in [4.78, 5) is 16.2. The Labute approximate surface area is 111 Å². The van der Waals surface area contributed by atoms with E-state index in [2.05, 4.69) is 4.98 Å². The summed E-state index contributed by atoms with van der Waals surface area (Å²) in [7, 11) is 1.37. The number of carbonyl (C=O) groups excluding carboxylic acids is 1. The Hall–Kier alpha value is -1.88. The molecule has 0 bridgehead atoms. The third kappa shape index (κ3) is 2.21. The molecule has 1 fully saturated rings. The van der Waals surface area contributed by atoms with Crippen molar-refractivity contribution >= 4 is 11.6 Å². The number of hydrogen-bond donors (Lipinski definition) is 0. The van der Waals surface area contributed by atoms with Gasteiger partial charge in [-0.3, -0.25) is 0 Å². The van der Waals surface area contributed by atoms with E-state index < -0.39 is 0 Å². The van der Waals surface area contributed by atoms with Crippen LogP contribution in [0.3, 0.4) is 0 Å². The zero-order chi connectivity index (χ0) is 13.2. The summed E-state index contributed by atoms with van der Waals surface area (Å²) in [6.45, 7) is 0.780. The van der Waals surface area contributed by atoms with Gasteiger partial charge in [0.2, 0.25) is 0 Å². The Morgan fingerprint density at radius 2 is 2.42 bits per heavy atom. The van der Waals surface area contributed by atoms with Crippen molar-refractivity contribution < 1.29 is 14.3 Å².